The second-order valence-corrected chi connectivity index (χ2v) is 4.26. The van der Waals surface area contributed by atoms with Crippen LogP contribution in [-0.2, 0) is 4.74 Å². The van der Waals surface area contributed by atoms with Gasteiger partial charge in [0.15, 0.2) is 5.82 Å². The van der Waals surface area contributed by atoms with Crippen molar-refractivity contribution < 1.29 is 24.9 Å². The minimum atomic E-state index is -1.10. The van der Waals surface area contributed by atoms with E-state index in [-0.39, 0.29) is 12.0 Å². The number of carboxylic acid groups (broad SMARTS) is 1. The van der Waals surface area contributed by atoms with E-state index in [9.17, 15) is 15.0 Å². The molecule has 4 unspecified atom stereocenters. The average Bonchev–Trinajstić information content (AvgIpc) is 2.35. The summed E-state index contributed by atoms with van der Waals surface area (Å²) >= 11 is 0. The fourth-order valence-electron chi connectivity index (χ4n) is 1.85. The zero-order chi connectivity index (χ0) is 13.3. The predicted molar refractivity (Wildman–Crippen MR) is 58.9 cm³/mol. The van der Waals surface area contributed by atoms with E-state index in [0.717, 1.165) is 0 Å². The van der Waals surface area contributed by atoms with Gasteiger partial charge in [-0.25, -0.2) is 14.8 Å². The first-order chi connectivity index (χ1) is 8.49. The van der Waals surface area contributed by atoms with Crippen molar-refractivity contribution in [3.8, 4) is 0 Å². The maximum absolute atomic E-state index is 10.7. The van der Waals surface area contributed by atoms with Crippen molar-refractivity contribution in [1.29, 1.82) is 0 Å². The summed E-state index contributed by atoms with van der Waals surface area (Å²) in [6.45, 7) is 1.64. The number of ether oxygens (including phenoxy) is 1. The minimum Gasteiger partial charge on any atom is -0.478 e. The predicted octanol–water partition coefficient (Wildman–Crippen LogP) is -0.254. The van der Waals surface area contributed by atoms with Crippen molar-refractivity contribution >= 4 is 5.97 Å². The first-order valence-corrected chi connectivity index (χ1v) is 5.56. The molecule has 4 atom stereocenters. The van der Waals surface area contributed by atoms with Crippen LogP contribution in [0.3, 0.4) is 0 Å². The zero-order valence-corrected chi connectivity index (χ0v) is 9.72. The second-order valence-electron chi connectivity index (χ2n) is 4.26. The molecule has 0 aliphatic carbocycles. The van der Waals surface area contributed by atoms with Gasteiger partial charge >= 0.3 is 5.97 Å². The molecule has 0 bridgehead atoms. The van der Waals surface area contributed by atoms with Gasteiger partial charge in [0, 0.05) is 18.8 Å². The molecule has 2 rings (SSSR count). The molecule has 7 nitrogen and oxygen atoms in total. The molecule has 1 aromatic heterocycles. The molecule has 1 saturated heterocycles. The van der Waals surface area contributed by atoms with Crippen molar-refractivity contribution in [2.24, 2.45) is 0 Å². The zero-order valence-electron chi connectivity index (χ0n) is 9.72. The smallest absolute Gasteiger partial charge is 0.338 e. The third-order valence-electron chi connectivity index (χ3n) is 2.92. The van der Waals surface area contributed by atoms with Crippen LogP contribution in [0.5, 0.6) is 0 Å². The van der Waals surface area contributed by atoms with Gasteiger partial charge < -0.3 is 20.1 Å². The molecule has 1 aliphatic heterocycles. The molecule has 0 aromatic carbocycles. The van der Waals surface area contributed by atoms with E-state index in [1.165, 1.54) is 12.4 Å². The quantitative estimate of drug-likeness (QED) is 0.666. The third kappa shape index (κ3) is 2.47. The highest BCUT2D eigenvalue weighted by molar-refractivity contribution is 5.86. The standard InChI is InChI=1S/C11H14N2O5/c1-5-9(15)7(14)2-8(18-5)10-12-3-6(4-13-10)11(16)17/h3-5,7-9,14-15H,2H2,1H3,(H,16,17). The molecular formula is C11H14N2O5. The summed E-state index contributed by atoms with van der Waals surface area (Å²) in [6, 6.07) is 0. The molecule has 18 heavy (non-hydrogen) atoms. The van der Waals surface area contributed by atoms with Gasteiger partial charge in [-0.2, -0.15) is 0 Å². The van der Waals surface area contributed by atoms with Crippen LogP contribution in [0.15, 0.2) is 12.4 Å². The van der Waals surface area contributed by atoms with E-state index in [1.807, 2.05) is 0 Å². The van der Waals surface area contributed by atoms with Gasteiger partial charge in [-0.3, -0.25) is 0 Å². The monoisotopic (exact) mass is 254 g/mol. The van der Waals surface area contributed by atoms with Crippen LogP contribution < -0.4 is 0 Å². The van der Waals surface area contributed by atoms with E-state index in [0.29, 0.717) is 5.82 Å². The molecule has 1 fully saturated rings. The van der Waals surface area contributed by atoms with Gasteiger partial charge in [0.25, 0.3) is 0 Å². The summed E-state index contributed by atoms with van der Waals surface area (Å²) in [6.07, 6.45) is -0.340. The number of aliphatic hydroxyl groups is 2. The minimum absolute atomic E-state index is 0.0109. The van der Waals surface area contributed by atoms with Crippen LogP contribution in [0.2, 0.25) is 0 Å². The van der Waals surface area contributed by atoms with Gasteiger partial charge in [0.2, 0.25) is 0 Å². The Hall–Kier alpha value is -1.57. The summed E-state index contributed by atoms with van der Waals surface area (Å²) in [7, 11) is 0. The first kappa shape index (κ1) is 12.9. The van der Waals surface area contributed by atoms with Crippen LogP contribution in [0.1, 0.15) is 35.6 Å². The lowest BCUT2D eigenvalue weighted by molar-refractivity contribution is -0.165. The third-order valence-corrected chi connectivity index (χ3v) is 2.92. The summed E-state index contributed by atoms with van der Waals surface area (Å²) in [5.41, 5.74) is -0.0109. The van der Waals surface area contributed by atoms with Crippen molar-refractivity contribution in [2.45, 2.75) is 37.8 Å². The fourth-order valence-corrected chi connectivity index (χ4v) is 1.85. The highest BCUT2D eigenvalue weighted by atomic mass is 16.5. The van der Waals surface area contributed by atoms with Gasteiger partial charge in [0.1, 0.15) is 12.2 Å². The van der Waals surface area contributed by atoms with Gasteiger partial charge in [-0.1, -0.05) is 0 Å². The van der Waals surface area contributed by atoms with E-state index in [1.54, 1.807) is 6.92 Å². The molecule has 98 valence electrons. The van der Waals surface area contributed by atoms with Crippen LogP contribution in [0.25, 0.3) is 0 Å². The van der Waals surface area contributed by atoms with Crippen molar-refractivity contribution in [3.05, 3.63) is 23.8 Å². The number of aromatic nitrogens is 2. The number of carboxylic acids is 1. The fraction of sp³-hybridized carbons (Fsp3) is 0.545. The number of hydrogen-bond acceptors (Lipinski definition) is 6. The lowest BCUT2D eigenvalue weighted by Gasteiger charge is -2.34. The number of aliphatic hydroxyl groups excluding tert-OH is 2. The first-order valence-electron chi connectivity index (χ1n) is 5.56. The van der Waals surface area contributed by atoms with Gasteiger partial charge in [-0.05, 0) is 6.92 Å². The van der Waals surface area contributed by atoms with Crippen LogP contribution in [-0.4, -0.2) is 49.6 Å². The van der Waals surface area contributed by atoms with Crippen molar-refractivity contribution in [3.63, 3.8) is 0 Å². The van der Waals surface area contributed by atoms with Crippen LogP contribution >= 0.6 is 0 Å². The summed E-state index contributed by atoms with van der Waals surface area (Å²) in [4.78, 5) is 18.5. The van der Waals surface area contributed by atoms with Crippen molar-refractivity contribution in [1.82, 2.24) is 9.97 Å². The number of carbonyl (C=O) groups is 1. The molecule has 1 aliphatic rings. The summed E-state index contributed by atoms with van der Waals surface area (Å²) in [5, 5.41) is 27.9. The Balaban J connectivity index is 2.14. The number of aromatic carboxylic acids is 1. The second kappa shape index (κ2) is 4.97. The Morgan fingerprint density at radius 1 is 1.39 bits per heavy atom. The molecule has 2 heterocycles. The summed E-state index contributed by atoms with van der Waals surface area (Å²) in [5.74, 6) is -0.798. The highest BCUT2D eigenvalue weighted by Crippen LogP contribution is 2.29. The Bertz CT molecular complexity index is 424. The van der Waals surface area contributed by atoms with E-state index >= 15 is 0 Å². The molecule has 0 saturated carbocycles. The largest absolute Gasteiger partial charge is 0.478 e. The SMILES string of the molecule is CC1OC(c2ncc(C(=O)O)cn2)CC(O)C1O. The Labute approximate surface area is 103 Å². The maximum atomic E-state index is 10.7. The lowest BCUT2D eigenvalue weighted by atomic mass is 9.98. The van der Waals surface area contributed by atoms with Gasteiger partial charge in [-0.15, -0.1) is 0 Å². The Morgan fingerprint density at radius 2 is 2.00 bits per heavy atom. The topological polar surface area (TPSA) is 113 Å². The molecule has 1 aromatic rings. The van der Waals surface area contributed by atoms with E-state index in [2.05, 4.69) is 9.97 Å². The molecule has 0 radical (unpaired) electrons. The van der Waals surface area contributed by atoms with Gasteiger partial charge in [0.05, 0.1) is 17.8 Å². The molecular weight excluding hydrogens is 240 g/mol. The molecule has 3 N–H and O–H groups in total. The molecule has 0 amide bonds. The van der Waals surface area contributed by atoms with Crippen molar-refractivity contribution in [2.75, 3.05) is 0 Å². The summed E-state index contributed by atoms with van der Waals surface area (Å²) < 4.78 is 5.47. The normalized spacial score (nSPS) is 32.2. The number of rotatable bonds is 2. The van der Waals surface area contributed by atoms with E-state index in [4.69, 9.17) is 9.84 Å². The van der Waals surface area contributed by atoms with Crippen LogP contribution in [0, 0.1) is 0 Å². The molecule has 7 heteroatoms. The molecule has 0 spiro atoms. The lowest BCUT2D eigenvalue weighted by Crippen LogP contribution is -2.44. The number of nitrogens with zero attached hydrogens (tertiary/aromatic N) is 2. The van der Waals surface area contributed by atoms with Crippen LogP contribution in [0.4, 0.5) is 0 Å². The number of hydrogen-bond donors (Lipinski definition) is 3. The Kier molecular flexibility index (Phi) is 3.55. The average molecular weight is 254 g/mol. The maximum Gasteiger partial charge on any atom is 0.338 e. The highest BCUT2D eigenvalue weighted by Gasteiger charge is 2.35. The van der Waals surface area contributed by atoms with E-state index < -0.39 is 30.4 Å². The Morgan fingerprint density at radius 3 is 2.50 bits per heavy atom.